The second-order valence-corrected chi connectivity index (χ2v) is 7.17. The van der Waals surface area contributed by atoms with E-state index in [4.69, 9.17) is 0 Å². The molecule has 2 rings (SSSR count). The molecule has 0 aliphatic rings. The molecule has 0 aromatic carbocycles. The van der Waals surface area contributed by atoms with Gasteiger partial charge in [-0.15, -0.1) is 21.5 Å². The smallest absolute Gasteiger partial charge is 0.356 e. The van der Waals surface area contributed by atoms with Crippen LogP contribution < -0.4 is 10.6 Å². The van der Waals surface area contributed by atoms with Gasteiger partial charge in [-0.25, -0.2) is 4.99 Å². The monoisotopic (exact) mass is 402 g/mol. The first kappa shape index (κ1) is 21.2. The molecule has 0 bridgehead atoms. The van der Waals surface area contributed by atoms with Gasteiger partial charge in [-0.05, 0) is 37.6 Å². The molecule has 0 aliphatic heterocycles. The van der Waals surface area contributed by atoms with E-state index < -0.39 is 12.6 Å². The standard InChI is InChI=1S/C17H25F3N6S/c1-13-24-25-15(26(13)2)12-23-16(21-9-4-3-8-17(18,19)20)22-10-7-14-6-5-11-27-14/h5-6,11H,3-4,7-10,12H2,1-2H3,(H2,21,22,23). The summed E-state index contributed by atoms with van der Waals surface area (Å²) in [6.45, 7) is 3.32. The van der Waals surface area contributed by atoms with Crippen molar-refractivity contribution in [2.75, 3.05) is 13.1 Å². The summed E-state index contributed by atoms with van der Waals surface area (Å²) in [5.41, 5.74) is 0. The zero-order chi connectivity index (χ0) is 19.7. The van der Waals surface area contributed by atoms with Crippen LogP contribution in [0, 0.1) is 6.92 Å². The Morgan fingerprint density at radius 3 is 2.63 bits per heavy atom. The third-order valence-electron chi connectivity index (χ3n) is 3.98. The lowest BCUT2D eigenvalue weighted by atomic mass is 10.2. The molecule has 150 valence electrons. The van der Waals surface area contributed by atoms with Gasteiger partial charge in [-0.2, -0.15) is 13.2 Å². The third kappa shape index (κ3) is 7.98. The van der Waals surface area contributed by atoms with Crippen LogP contribution in [0.5, 0.6) is 0 Å². The molecule has 0 spiro atoms. The number of halogens is 3. The fraction of sp³-hybridized carbons (Fsp3) is 0.588. The Hall–Kier alpha value is -2.10. The summed E-state index contributed by atoms with van der Waals surface area (Å²) < 4.78 is 38.5. The van der Waals surface area contributed by atoms with Crippen LogP contribution in [0.15, 0.2) is 22.5 Å². The van der Waals surface area contributed by atoms with Crippen molar-refractivity contribution in [1.29, 1.82) is 0 Å². The van der Waals surface area contributed by atoms with Crippen LogP contribution in [0.2, 0.25) is 0 Å². The van der Waals surface area contributed by atoms with E-state index in [1.165, 1.54) is 4.88 Å². The van der Waals surface area contributed by atoms with Crippen molar-refractivity contribution >= 4 is 17.3 Å². The van der Waals surface area contributed by atoms with Crippen LogP contribution in [0.4, 0.5) is 13.2 Å². The van der Waals surface area contributed by atoms with Gasteiger partial charge in [0, 0.05) is 31.4 Å². The molecule has 0 atom stereocenters. The number of alkyl halides is 3. The molecule has 6 nitrogen and oxygen atoms in total. The third-order valence-corrected chi connectivity index (χ3v) is 4.92. The molecule has 0 saturated heterocycles. The Balaban J connectivity index is 1.84. The molecule has 27 heavy (non-hydrogen) atoms. The molecule has 2 aromatic rings. The molecule has 10 heteroatoms. The van der Waals surface area contributed by atoms with Crippen molar-refractivity contribution in [2.24, 2.45) is 12.0 Å². The van der Waals surface area contributed by atoms with E-state index in [2.05, 4.69) is 31.9 Å². The van der Waals surface area contributed by atoms with Gasteiger partial charge in [0.1, 0.15) is 12.4 Å². The molecule has 0 amide bonds. The molecule has 2 aromatic heterocycles. The van der Waals surface area contributed by atoms with E-state index in [0.29, 0.717) is 32.0 Å². The number of aromatic nitrogens is 3. The average Bonchev–Trinajstić information content (AvgIpc) is 3.22. The van der Waals surface area contributed by atoms with E-state index in [-0.39, 0.29) is 6.42 Å². The molecule has 2 N–H and O–H groups in total. The summed E-state index contributed by atoms with van der Waals surface area (Å²) in [5.74, 6) is 2.09. The number of rotatable bonds is 9. The Labute approximate surface area is 160 Å². The van der Waals surface area contributed by atoms with Gasteiger partial charge in [0.2, 0.25) is 0 Å². The maximum atomic E-state index is 12.2. The zero-order valence-electron chi connectivity index (χ0n) is 15.5. The summed E-state index contributed by atoms with van der Waals surface area (Å²) in [6.07, 6.45) is -3.48. The van der Waals surface area contributed by atoms with Gasteiger partial charge in [-0.3, -0.25) is 0 Å². The first-order valence-electron chi connectivity index (χ1n) is 8.81. The summed E-state index contributed by atoms with van der Waals surface area (Å²) in [5, 5.41) is 16.4. The number of unbranched alkanes of at least 4 members (excludes halogenated alkanes) is 1. The second-order valence-electron chi connectivity index (χ2n) is 6.14. The fourth-order valence-electron chi connectivity index (χ4n) is 2.33. The first-order valence-corrected chi connectivity index (χ1v) is 9.69. The summed E-state index contributed by atoms with van der Waals surface area (Å²) in [7, 11) is 1.87. The Kier molecular flexibility index (Phi) is 8.08. The van der Waals surface area contributed by atoms with Crippen molar-refractivity contribution in [3.8, 4) is 0 Å². The number of nitrogens with zero attached hydrogens (tertiary/aromatic N) is 4. The number of hydrogen-bond acceptors (Lipinski definition) is 4. The maximum absolute atomic E-state index is 12.2. The van der Waals surface area contributed by atoms with Crippen molar-refractivity contribution in [3.63, 3.8) is 0 Å². The van der Waals surface area contributed by atoms with E-state index in [9.17, 15) is 13.2 Å². The molecule has 0 unspecified atom stereocenters. The molecular formula is C17H25F3N6S. The Morgan fingerprint density at radius 2 is 2.00 bits per heavy atom. The number of thiophene rings is 1. The number of nitrogens with one attached hydrogen (secondary N) is 2. The highest BCUT2D eigenvalue weighted by Gasteiger charge is 2.25. The van der Waals surface area contributed by atoms with Gasteiger partial charge in [0.05, 0.1) is 0 Å². The van der Waals surface area contributed by atoms with Crippen LogP contribution in [0.1, 0.15) is 35.8 Å². The topological polar surface area (TPSA) is 67.1 Å². The predicted octanol–water partition coefficient (Wildman–Crippen LogP) is 3.20. The van der Waals surface area contributed by atoms with E-state index in [1.54, 1.807) is 11.3 Å². The lowest BCUT2D eigenvalue weighted by Crippen LogP contribution is -2.39. The minimum absolute atomic E-state index is 0.0987. The average molecular weight is 402 g/mol. The van der Waals surface area contributed by atoms with Crippen LogP contribution in [0.25, 0.3) is 0 Å². The summed E-state index contributed by atoms with van der Waals surface area (Å²) in [4.78, 5) is 5.75. The lowest BCUT2D eigenvalue weighted by Gasteiger charge is -2.13. The highest BCUT2D eigenvalue weighted by molar-refractivity contribution is 7.09. The summed E-state index contributed by atoms with van der Waals surface area (Å²) in [6, 6.07) is 4.07. The minimum atomic E-state index is -4.10. The first-order chi connectivity index (χ1) is 12.8. The number of guanidine groups is 1. The zero-order valence-corrected chi connectivity index (χ0v) is 16.3. The molecule has 0 radical (unpaired) electrons. The molecule has 0 fully saturated rings. The van der Waals surface area contributed by atoms with Crippen LogP contribution in [-0.4, -0.2) is 40.0 Å². The fourth-order valence-corrected chi connectivity index (χ4v) is 3.04. The minimum Gasteiger partial charge on any atom is -0.356 e. The van der Waals surface area contributed by atoms with E-state index in [0.717, 1.165) is 18.1 Å². The van der Waals surface area contributed by atoms with E-state index >= 15 is 0 Å². The van der Waals surface area contributed by atoms with Gasteiger partial charge in [-0.1, -0.05) is 6.07 Å². The van der Waals surface area contributed by atoms with Gasteiger partial charge in [0.25, 0.3) is 0 Å². The number of aliphatic imine (C=N–C) groups is 1. The number of aryl methyl sites for hydroxylation is 1. The molecule has 2 heterocycles. The highest BCUT2D eigenvalue weighted by atomic mass is 32.1. The normalized spacial score (nSPS) is 12.4. The van der Waals surface area contributed by atoms with Crippen LogP contribution >= 0.6 is 11.3 Å². The Bertz CT molecular complexity index is 709. The molecular weight excluding hydrogens is 377 g/mol. The maximum Gasteiger partial charge on any atom is 0.389 e. The van der Waals surface area contributed by atoms with Crippen molar-refractivity contribution in [3.05, 3.63) is 34.0 Å². The van der Waals surface area contributed by atoms with Gasteiger partial charge < -0.3 is 15.2 Å². The predicted molar refractivity (Wildman–Crippen MR) is 101 cm³/mol. The van der Waals surface area contributed by atoms with Gasteiger partial charge >= 0.3 is 6.18 Å². The SMILES string of the molecule is Cc1nnc(CN=C(NCCCCC(F)(F)F)NCCc2cccs2)n1C. The second kappa shape index (κ2) is 10.3. The van der Waals surface area contributed by atoms with Crippen molar-refractivity contribution < 1.29 is 13.2 Å². The van der Waals surface area contributed by atoms with Crippen molar-refractivity contribution in [1.82, 2.24) is 25.4 Å². The summed E-state index contributed by atoms with van der Waals surface area (Å²) >= 11 is 1.69. The Morgan fingerprint density at radius 1 is 1.22 bits per heavy atom. The molecule has 0 aliphatic carbocycles. The molecule has 0 saturated carbocycles. The van der Waals surface area contributed by atoms with E-state index in [1.807, 2.05) is 30.0 Å². The highest BCUT2D eigenvalue weighted by Crippen LogP contribution is 2.21. The lowest BCUT2D eigenvalue weighted by molar-refractivity contribution is -0.135. The quantitative estimate of drug-likeness (QED) is 0.384. The largest absolute Gasteiger partial charge is 0.389 e. The number of hydrogen-bond donors (Lipinski definition) is 2. The van der Waals surface area contributed by atoms with Crippen molar-refractivity contribution in [2.45, 2.75) is 45.3 Å². The van der Waals surface area contributed by atoms with Gasteiger partial charge in [0.15, 0.2) is 11.8 Å². The van der Waals surface area contributed by atoms with Crippen LogP contribution in [-0.2, 0) is 20.0 Å². The van der Waals surface area contributed by atoms with Crippen LogP contribution in [0.3, 0.4) is 0 Å².